The van der Waals surface area contributed by atoms with Gasteiger partial charge in [-0.1, -0.05) is 59.8 Å². The van der Waals surface area contributed by atoms with Crippen LogP contribution in [0.4, 0.5) is 18.9 Å². The minimum Gasteiger partial charge on any atom is -0.363 e. The Morgan fingerprint density at radius 2 is 1.90 bits per heavy atom. The Bertz CT molecular complexity index is 1520. The van der Waals surface area contributed by atoms with Crippen molar-refractivity contribution in [2.75, 3.05) is 11.1 Å². The molecule has 3 aromatic rings. The number of benzene rings is 2. The summed E-state index contributed by atoms with van der Waals surface area (Å²) in [4.78, 5) is 26.3. The maximum atomic E-state index is 14.7. The Kier molecular flexibility index (Phi) is 8.66. The van der Waals surface area contributed by atoms with Gasteiger partial charge in [0.25, 0.3) is 0 Å². The molecule has 40 heavy (non-hydrogen) atoms. The van der Waals surface area contributed by atoms with Crippen LogP contribution in [-0.4, -0.2) is 34.5 Å². The number of alkyl halides is 3. The third-order valence-electron chi connectivity index (χ3n) is 6.71. The van der Waals surface area contributed by atoms with Crippen molar-refractivity contribution in [3.63, 3.8) is 0 Å². The number of nitriles is 1. The first kappa shape index (κ1) is 29.7. The molecule has 1 aliphatic rings. The van der Waals surface area contributed by atoms with Crippen LogP contribution in [0.1, 0.15) is 32.3 Å². The lowest BCUT2D eigenvalue weighted by molar-refractivity contribution is -0.285. The molecule has 6 nitrogen and oxygen atoms in total. The zero-order chi connectivity index (χ0) is 29.2. The maximum Gasteiger partial charge on any atom is 0.437 e. The second-order valence-electron chi connectivity index (χ2n) is 9.15. The van der Waals surface area contributed by atoms with Crippen LogP contribution in [0.15, 0.2) is 70.6 Å². The van der Waals surface area contributed by atoms with Crippen molar-refractivity contribution in [3.05, 3.63) is 97.2 Å². The van der Waals surface area contributed by atoms with Crippen LogP contribution in [0.3, 0.4) is 0 Å². The quantitative estimate of drug-likeness (QED) is 0.264. The highest BCUT2D eigenvalue weighted by Crippen LogP contribution is 2.52. The van der Waals surface area contributed by atoms with Crippen LogP contribution in [-0.2, 0) is 4.79 Å². The predicted octanol–water partition coefficient (Wildman–Crippen LogP) is 6.56. The molecule has 1 aliphatic heterocycles. The summed E-state index contributed by atoms with van der Waals surface area (Å²) >= 11 is 7.92. The number of aliphatic hydroxyl groups is 1. The molecule has 0 aliphatic carbocycles. The summed E-state index contributed by atoms with van der Waals surface area (Å²) in [6.45, 7) is 3.69. The van der Waals surface area contributed by atoms with E-state index in [0.717, 1.165) is 22.5 Å². The van der Waals surface area contributed by atoms with Gasteiger partial charge < -0.3 is 15.7 Å². The van der Waals surface area contributed by atoms with Gasteiger partial charge in [0, 0.05) is 16.6 Å². The molecular weight excluding hydrogens is 583 g/mol. The van der Waals surface area contributed by atoms with E-state index in [1.54, 1.807) is 18.2 Å². The molecule has 1 aromatic heterocycles. The second kappa shape index (κ2) is 11.7. The van der Waals surface area contributed by atoms with Crippen LogP contribution in [0.5, 0.6) is 0 Å². The molecular formula is C28H23ClF3N3O3S2. The normalized spacial score (nSPS) is 20.9. The zero-order valence-corrected chi connectivity index (χ0v) is 23.6. The minimum atomic E-state index is -5.35. The number of ketones is 1. The Morgan fingerprint density at radius 3 is 2.52 bits per heavy atom. The molecule has 0 fully saturated rings. The molecule has 4 rings (SSSR count). The highest BCUT2D eigenvalue weighted by Gasteiger charge is 2.66. The number of thioether (sulfide) groups is 1. The van der Waals surface area contributed by atoms with E-state index < -0.39 is 35.4 Å². The standard InChI is InChI=1S/C28H23ClF3N3O3S2/c1-15-7-5-10-20(16(15)2)34-22(36)14-40-26-18(13-33)23(17-8-3-4-9-19(17)29)24(25(37)21-11-6-12-39-21)27(38,35-26)28(30,31)32/h3-12,23-24,35,38H,14H2,1-2H3,(H,34,36)/t23-,24+,27-/m0/s1. The van der Waals surface area contributed by atoms with E-state index in [9.17, 15) is 33.1 Å². The molecule has 2 aromatic carbocycles. The molecule has 3 N–H and O–H groups in total. The van der Waals surface area contributed by atoms with Gasteiger partial charge in [-0.2, -0.15) is 18.4 Å². The Balaban J connectivity index is 1.80. The maximum absolute atomic E-state index is 14.7. The smallest absolute Gasteiger partial charge is 0.363 e. The first-order valence-electron chi connectivity index (χ1n) is 11.9. The largest absolute Gasteiger partial charge is 0.437 e. The molecule has 3 atom stereocenters. The fourth-order valence-electron chi connectivity index (χ4n) is 4.53. The van der Waals surface area contributed by atoms with Gasteiger partial charge in [0.1, 0.15) is 0 Å². The summed E-state index contributed by atoms with van der Waals surface area (Å²) in [6, 6.07) is 16.0. The van der Waals surface area contributed by atoms with Crippen molar-refractivity contribution < 1.29 is 27.9 Å². The lowest BCUT2D eigenvalue weighted by Crippen LogP contribution is -2.66. The number of amides is 1. The summed E-state index contributed by atoms with van der Waals surface area (Å²) in [7, 11) is 0. The lowest BCUT2D eigenvalue weighted by Gasteiger charge is -2.45. The number of thiophene rings is 1. The van der Waals surface area contributed by atoms with Gasteiger partial charge in [-0.05, 0) is 54.1 Å². The van der Waals surface area contributed by atoms with Gasteiger partial charge in [0.15, 0.2) is 5.78 Å². The number of carbonyl (C=O) groups excluding carboxylic acids is 2. The molecule has 1 amide bonds. The van der Waals surface area contributed by atoms with E-state index in [2.05, 4.69) is 5.32 Å². The molecule has 0 saturated carbocycles. The zero-order valence-electron chi connectivity index (χ0n) is 21.2. The molecule has 0 unspecified atom stereocenters. The topological polar surface area (TPSA) is 102 Å². The van der Waals surface area contributed by atoms with E-state index in [1.165, 1.54) is 35.7 Å². The van der Waals surface area contributed by atoms with E-state index in [-0.39, 0.29) is 31.8 Å². The van der Waals surface area contributed by atoms with E-state index in [4.69, 9.17) is 11.6 Å². The number of nitrogens with zero attached hydrogens (tertiary/aromatic N) is 1. The Morgan fingerprint density at radius 1 is 1.18 bits per heavy atom. The van der Waals surface area contributed by atoms with Gasteiger partial charge in [0.05, 0.1) is 33.2 Å². The summed E-state index contributed by atoms with van der Waals surface area (Å²) in [5, 5.41) is 27.4. The molecule has 208 valence electrons. The molecule has 12 heteroatoms. The number of aryl methyl sites for hydroxylation is 1. The van der Waals surface area contributed by atoms with Gasteiger partial charge in [-0.15, -0.1) is 11.3 Å². The van der Waals surface area contributed by atoms with Crippen LogP contribution in [0.25, 0.3) is 0 Å². The summed E-state index contributed by atoms with van der Waals surface area (Å²) in [5.74, 6) is -5.67. The minimum absolute atomic E-state index is 0.0205. The fraction of sp³-hybridized carbons (Fsp3) is 0.250. The van der Waals surface area contributed by atoms with Crippen molar-refractivity contribution in [2.45, 2.75) is 31.7 Å². The summed E-state index contributed by atoms with van der Waals surface area (Å²) in [5.41, 5.74) is -1.65. The number of hydrogen-bond acceptors (Lipinski definition) is 7. The molecule has 0 radical (unpaired) electrons. The first-order chi connectivity index (χ1) is 18.9. The molecule has 0 saturated heterocycles. The average Bonchev–Trinajstić information content (AvgIpc) is 3.44. The van der Waals surface area contributed by atoms with Crippen LogP contribution < -0.4 is 10.6 Å². The highest BCUT2D eigenvalue weighted by atomic mass is 35.5. The monoisotopic (exact) mass is 605 g/mol. The van der Waals surface area contributed by atoms with Crippen molar-refractivity contribution in [1.82, 2.24) is 5.32 Å². The van der Waals surface area contributed by atoms with E-state index >= 15 is 0 Å². The first-order valence-corrected chi connectivity index (χ1v) is 14.2. The van der Waals surface area contributed by atoms with Crippen LogP contribution in [0.2, 0.25) is 5.02 Å². The Hall–Kier alpha value is -3.30. The summed E-state index contributed by atoms with van der Waals surface area (Å²) in [6.07, 6.45) is -5.35. The fourth-order valence-corrected chi connectivity index (χ4v) is 6.40. The SMILES string of the molecule is Cc1cccc(NC(=O)CSC2=C(C#N)[C@H](c3ccccc3Cl)[C@H](C(=O)c3cccs3)[C@](O)(C(F)(F)F)N2)c1C. The van der Waals surface area contributed by atoms with Gasteiger partial charge in [0.2, 0.25) is 11.6 Å². The Labute approximate surface area is 241 Å². The van der Waals surface area contributed by atoms with Crippen molar-refractivity contribution in [3.8, 4) is 6.07 Å². The predicted molar refractivity (Wildman–Crippen MR) is 150 cm³/mol. The third kappa shape index (κ3) is 5.63. The number of nitrogens with one attached hydrogen (secondary N) is 2. The number of Topliss-reactive ketones (excluding diaryl/α,β-unsaturated/α-hetero) is 1. The lowest BCUT2D eigenvalue weighted by atomic mass is 9.70. The van der Waals surface area contributed by atoms with Crippen molar-refractivity contribution >= 4 is 52.1 Å². The number of allylic oxidation sites excluding steroid dienone is 1. The summed E-state index contributed by atoms with van der Waals surface area (Å²) < 4.78 is 44.0. The highest BCUT2D eigenvalue weighted by molar-refractivity contribution is 8.03. The van der Waals surface area contributed by atoms with Crippen LogP contribution >= 0.6 is 34.7 Å². The molecule has 2 heterocycles. The molecule has 0 bridgehead atoms. The van der Waals surface area contributed by atoms with Gasteiger partial charge in [-0.3, -0.25) is 9.59 Å². The number of carbonyl (C=O) groups is 2. The van der Waals surface area contributed by atoms with Gasteiger partial charge >= 0.3 is 6.18 Å². The number of halogens is 4. The number of hydrogen-bond donors (Lipinski definition) is 3. The van der Waals surface area contributed by atoms with E-state index in [1.807, 2.05) is 31.3 Å². The van der Waals surface area contributed by atoms with Crippen molar-refractivity contribution in [1.29, 1.82) is 5.26 Å². The van der Waals surface area contributed by atoms with Crippen molar-refractivity contribution in [2.24, 2.45) is 5.92 Å². The number of rotatable bonds is 7. The third-order valence-corrected chi connectivity index (χ3v) is 8.95. The van der Waals surface area contributed by atoms with E-state index in [0.29, 0.717) is 17.4 Å². The number of anilines is 1. The molecule has 0 spiro atoms. The second-order valence-corrected chi connectivity index (χ2v) is 11.5. The van der Waals surface area contributed by atoms with Gasteiger partial charge in [-0.25, -0.2) is 0 Å². The van der Waals surface area contributed by atoms with Crippen LogP contribution in [0, 0.1) is 31.1 Å². The average molecular weight is 606 g/mol.